The lowest BCUT2D eigenvalue weighted by molar-refractivity contribution is 0.000763. The molecule has 3 aromatic rings. The quantitative estimate of drug-likeness (QED) is 0.583. The van der Waals surface area contributed by atoms with Crippen molar-refractivity contribution in [1.82, 2.24) is 4.90 Å². The predicted octanol–water partition coefficient (Wildman–Crippen LogP) is 4.80. The summed E-state index contributed by atoms with van der Waals surface area (Å²) in [7, 11) is 0. The summed E-state index contributed by atoms with van der Waals surface area (Å²) in [6.45, 7) is 4.00. The summed E-state index contributed by atoms with van der Waals surface area (Å²) in [5.74, 6) is -0.120. The van der Waals surface area contributed by atoms with Crippen molar-refractivity contribution >= 4 is 15.9 Å². The molecule has 4 heteroatoms. The molecule has 4 rings (SSSR count). The minimum absolute atomic E-state index is 0.120. The van der Waals surface area contributed by atoms with Crippen molar-refractivity contribution in [3.8, 4) is 0 Å². The molecule has 0 bridgehead atoms. The molecule has 0 aliphatic carbocycles. The van der Waals surface area contributed by atoms with Crippen LogP contribution in [0.3, 0.4) is 0 Å². The Kier molecular flexibility index (Phi) is 6.46. The monoisotopic (exact) mass is 451 g/mol. The van der Waals surface area contributed by atoms with Crippen LogP contribution in [0.2, 0.25) is 0 Å². The van der Waals surface area contributed by atoms with Crippen molar-refractivity contribution in [2.75, 3.05) is 32.8 Å². The van der Waals surface area contributed by atoms with E-state index in [1.807, 2.05) is 60.7 Å². The van der Waals surface area contributed by atoms with Gasteiger partial charge >= 0.3 is 0 Å². The Morgan fingerprint density at radius 2 is 1.38 bits per heavy atom. The molecule has 150 valence electrons. The highest BCUT2D eigenvalue weighted by Crippen LogP contribution is 2.43. The molecule has 0 saturated carbocycles. The van der Waals surface area contributed by atoms with Crippen LogP contribution >= 0.6 is 15.9 Å². The van der Waals surface area contributed by atoms with E-state index in [0.29, 0.717) is 0 Å². The Morgan fingerprint density at radius 1 is 0.828 bits per heavy atom. The fraction of sp³-hybridized carbons (Fsp3) is 0.280. The van der Waals surface area contributed by atoms with Gasteiger partial charge in [-0.1, -0.05) is 88.7 Å². The van der Waals surface area contributed by atoms with Crippen LogP contribution in [0.1, 0.15) is 22.6 Å². The zero-order valence-electron chi connectivity index (χ0n) is 16.4. The van der Waals surface area contributed by atoms with Crippen molar-refractivity contribution in [2.45, 2.75) is 11.5 Å². The number of nitrogens with zero attached hydrogens (tertiary/aromatic N) is 1. The third-order valence-corrected chi connectivity index (χ3v) is 6.28. The molecule has 1 saturated heterocycles. The maximum atomic E-state index is 12.4. The zero-order chi connectivity index (χ0) is 20.1. The molecule has 0 unspecified atom stereocenters. The van der Waals surface area contributed by atoms with Gasteiger partial charge < -0.3 is 9.84 Å². The number of benzene rings is 3. The van der Waals surface area contributed by atoms with Crippen LogP contribution in [0.25, 0.3) is 0 Å². The SMILES string of the molecule is O[C@@](c1ccccc1)(c1ccc(Br)cc1)[C@@H](CN1CCOCC1)c1ccccc1. The van der Waals surface area contributed by atoms with E-state index in [4.69, 9.17) is 4.74 Å². The molecule has 0 aromatic heterocycles. The van der Waals surface area contributed by atoms with Crippen molar-refractivity contribution in [3.05, 3.63) is 106 Å². The Hall–Kier alpha value is -1.98. The molecule has 29 heavy (non-hydrogen) atoms. The van der Waals surface area contributed by atoms with Gasteiger partial charge in [0.15, 0.2) is 0 Å². The number of hydrogen-bond donors (Lipinski definition) is 1. The molecule has 3 aromatic carbocycles. The van der Waals surface area contributed by atoms with Gasteiger partial charge in [-0.2, -0.15) is 0 Å². The van der Waals surface area contributed by atoms with E-state index in [9.17, 15) is 5.11 Å². The molecule has 1 fully saturated rings. The summed E-state index contributed by atoms with van der Waals surface area (Å²) >= 11 is 3.53. The van der Waals surface area contributed by atoms with Crippen molar-refractivity contribution in [1.29, 1.82) is 0 Å². The van der Waals surface area contributed by atoms with Crippen LogP contribution < -0.4 is 0 Å². The largest absolute Gasteiger partial charge is 0.380 e. The maximum Gasteiger partial charge on any atom is 0.123 e. The summed E-state index contributed by atoms with van der Waals surface area (Å²) < 4.78 is 6.55. The molecular formula is C25H26BrNO2. The third kappa shape index (κ3) is 4.46. The predicted molar refractivity (Wildman–Crippen MR) is 120 cm³/mol. The molecule has 1 aliphatic heterocycles. The second kappa shape index (κ2) is 9.23. The number of halogens is 1. The minimum Gasteiger partial charge on any atom is -0.380 e. The summed E-state index contributed by atoms with van der Waals surface area (Å²) in [5.41, 5.74) is 1.79. The zero-order valence-corrected chi connectivity index (χ0v) is 18.0. The molecule has 1 aliphatic rings. The number of rotatable bonds is 6. The molecule has 0 radical (unpaired) electrons. The maximum absolute atomic E-state index is 12.4. The number of ether oxygens (including phenoxy) is 1. The summed E-state index contributed by atoms with van der Waals surface area (Å²) in [5, 5.41) is 12.4. The van der Waals surface area contributed by atoms with Crippen LogP contribution in [-0.4, -0.2) is 42.9 Å². The fourth-order valence-corrected chi connectivity index (χ4v) is 4.44. The number of morpholine rings is 1. The van der Waals surface area contributed by atoms with Crippen LogP contribution in [-0.2, 0) is 10.3 Å². The molecule has 2 atom stereocenters. The fourth-order valence-electron chi connectivity index (χ4n) is 4.17. The van der Waals surface area contributed by atoms with Crippen molar-refractivity contribution < 1.29 is 9.84 Å². The average molecular weight is 452 g/mol. The van der Waals surface area contributed by atoms with E-state index >= 15 is 0 Å². The standard InChI is InChI=1S/C25H26BrNO2/c26-23-13-11-22(12-14-23)25(28,21-9-5-2-6-10-21)24(20-7-3-1-4-8-20)19-27-15-17-29-18-16-27/h1-14,24,28H,15-19H2/t24-,25-/m0/s1. The lowest BCUT2D eigenvalue weighted by atomic mass is 9.72. The van der Waals surface area contributed by atoms with Gasteiger partial charge in [0, 0.05) is 30.0 Å². The van der Waals surface area contributed by atoms with Gasteiger partial charge in [-0.05, 0) is 28.8 Å². The third-order valence-electron chi connectivity index (χ3n) is 5.75. The van der Waals surface area contributed by atoms with E-state index in [2.05, 4.69) is 45.1 Å². The van der Waals surface area contributed by atoms with E-state index in [1.54, 1.807) is 0 Å². The first-order valence-corrected chi connectivity index (χ1v) is 10.9. The lowest BCUT2D eigenvalue weighted by Crippen LogP contribution is -2.45. The molecule has 0 amide bonds. The Labute approximate surface area is 181 Å². The van der Waals surface area contributed by atoms with Crippen LogP contribution in [0, 0.1) is 0 Å². The van der Waals surface area contributed by atoms with Crippen LogP contribution in [0.4, 0.5) is 0 Å². The number of aliphatic hydroxyl groups is 1. The van der Waals surface area contributed by atoms with Crippen LogP contribution in [0.15, 0.2) is 89.4 Å². The highest BCUT2D eigenvalue weighted by atomic mass is 79.9. The van der Waals surface area contributed by atoms with Gasteiger partial charge in [-0.3, -0.25) is 4.90 Å². The lowest BCUT2D eigenvalue weighted by Gasteiger charge is -2.41. The van der Waals surface area contributed by atoms with E-state index in [0.717, 1.165) is 54.0 Å². The van der Waals surface area contributed by atoms with Crippen LogP contribution in [0.5, 0.6) is 0 Å². The molecule has 0 spiro atoms. The first kappa shape index (κ1) is 20.3. The van der Waals surface area contributed by atoms with Gasteiger partial charge in [-0.25, -0.2) is 0 Å². The second-order valence-corrected chi connectivity index (χ2v) is 8.43. The minimum atomic E-state index is -1.15. The first-order chi connectivity index (χ1) is 14.2. The van der Waals surface area contributed by atoms with Gasteiger partial charge in [0.25, 0.3) is 0 Å². The normalized spacial score (nSPS) is 18.1. The van der Waals surface area contributed by atoms with E-state index < -0.39 is 5.60 Å². The Balaban J connectivity index is 1.84. The van der Waals surface area contributed by atoms with Gasteiger partial charge in [0.2, 0.25) is 0 Å². The molecule has 3 nitrogen and oxygen atoms in total. The Morgan fingerprint density at radius 3 is 2.00 bits per heavy atom. The van der Waals surface area contributed by atoms with Gasteiger partial charge in [0.1, 0.15) is 5.60 Å². The number of hydrogen-bond acceptors (Lipinski definition) is 3. The topological polar surface area (TPSA) is 32.7 Å². The van der Waals surface area contributed by atoms with E-state index in [1.165, 1.54) is 0 Å². The van der Waals surface area contributed by atoms with Crippen molar-refractivity contribution in [2.24, 2.45) is 0 Å². The summed E-state index contributed by atoms with van der Waals surface area (Å²) in [6, 6.07) is 28.4. The molecule has 1 N–H and O–H groups in total. The van der Waals surface area contributed by atoms with E-state index in [-0.39, 0.29) is 5.92 Å². The van der Waals surface area contributed by atoms with Gasteiger partial charge in [-0.15, -0.1) is 0 Å². The van der Waals surface area contributed by atoms with Gasteiger partial charge in [0.05, 0.1) is 13.2 Å². The Bertz CT molecular complexity index is 895. The smallest absolute Gasteiger partial charge is 0.123 e. The molecule has 1 heterocycles. The molecular weight excluding hydrogens is 426 g/mol. The first-order valence-electron chi connectivity index (χ1n) is 10.1. The highest BCUT2D eigenvalue weighted by molar-refractivity contribution is 9.10. The average Bonchev–Trinajstić information content (AvgIpc) is 2.79. The summed E-state index contributed by atoms with van der Waals surface area (Å²) in [6.07, 6.45) is 0. The van der Waals surface area contributed by atoms with Crippen molar-refractivity contribution in [3.63, 3.8) is 0 Å². The second-order valence-electron chi connectivity index (χ2n) is 7.52. The summed E-state index contributed by atoms with van der Waals surface area (Å²) in [4.78, 5) is 2.40. The highest BCUT2D eigenvalue weighted by Gasteiger charge is 2.42.